The molecule has 0 spiro atoms. The van der Waals surface area contributed by atoms with Gasteiger partial charge in [0.25, 0.3) is 10.1 Å². The normalized spacial score (nSPS) is 13.2. The first kappa shape index (κ1) is 10.1. The number of hydrogen-bond donors (Lipinski definition) is 2. The Morgan fingerprint density at radius 1 is 1.62 bits per heavy atom. The molecule has 1 aromatic rings. The fourth-order valence-corrected chi connectivity index (χ4v) is 2.11. The maximum Gasteiger partial charge on any atom is 0.269 e. The van der Waals surface area contributed by atoms with Gasteiger partial charge in [-0.2, -0.15) is 13.1 Å². The van der Waals surface area contributed by atoms with Gasteiger partial charge in [-0.15, -0.1) is 0 Å². The molecule has 0 aromatic carbocycles. The minimum atomic E-state index is -3.98. The van der Waals surface area contributed by atoms with Crippen molar-refractivity contribution in [2.24, 2.45) is 0 Å². The van der Waals surface area contributed by atoms with E-state index in [1.807, 2.05) is 0 Å². The predicted octanol–water partition coefficient (Wildman–Crippen LogP) is -0.680. The Hall–Kier alpha value is -0.950. The van der Waals surface area contributed by atoms with Crippen molar-refractivity contribution in [2.75, 3.05) is 5.75 Å². The summed E-state index contributed by atoms with van der Waals surface area (Å²) in [6, 6.07) is 0. The van der Waals surface area contributed by atoms with Crippen molar-refractivity contribution in [2.45, 2.75) is 19.4 Å². The van der Waals surface area contributed by atoms with Gasteiger partial charge in [-0.05, 0) is 13.8 Å². The van der Waals surface area contributed by atoms with Gasteiger partial charge in [0.15, 0.2) is 6.20 Å². The van der Waals surface area contributed by atoms with Crippen LogP contribution in [0.5, 0.6) is 0 Å². The number of aromatic amines is 1. The Morgan fingerprint density at radius 2 is 2.23 bits per heavy atom. The second-order valence-electron chi connectivity index (χ2n) is 3.44. The average Bonchev–Trinajstić information content (AvgIpc) is 2.29. The largest absolute Gasteiger partial charge is 0.285 e. The van der Waals surface area contributed by atoms with Crippen molar-refractivity contribution in [3.8, 4) is 0 Å². The molecule has 0 aliphatic rings. The molecule has 0 saturated carbocycles. The lowest BCUT2D eigenvalue weighted by Crippen LogP contribution is -2.57. The zero-order chi connectivity index (χ0) is 10.1. The SMILES string of the molecule is CC(C)(CS(=O)(=O)O)[n+]1ccn[nH]1. The van der Waals surface area contributed by atoms with Gasteiger partial charge in [0.1, 0.15) is 11.3 Å². The predicted molar refractivity (Wildman–Crippen MR) is 44.5 cm³/mol. The Labute approximate surface area is 76.3 Å². The number of H-pyrrole nitrogens is 1. The third kappa shape index (κ3) is 2.78. The highest BCUT2D eigenvalue weighted by molar-refractivity contribution is 7.85. The molecule has 6 nitrogen and oxygen atoms in total. The molecular weight excluding hydrogens is 194 g/mol. The van der Waals surface area contributed by atoms with Crippen LogP contribution in [0.1, 0.15) is 13.8 Å². The Kier molecular flexibility index (Phi) is 2.40. The lowest BCUT2D eigenvalue weighted by atomic mass is 10.1. The van der Waals surface area contributed by atoms with E-state index in [0.29, 0.717) is 0 Å². The molecule has 0 bridgehead atoms. The first-order valence-electron chi connectivity index (χ1n) is 3.68. The first-order valence-corrected chi connectivity index (χ1v) is 5.29. The van der Waals surface area contributed by atoms with Crippen LogP contribution < -0.4 is 4.68 Å². The van der Waals surface area contributed by atoms with E-state index in [-0.39, 0.29) is 5.75 Å². The summed E-state index contributed by atoms with van der Waals surface area (Å²) >= 11 is 0. The Morgan fingerprint density at radius 3 is 2.62 bits per heavy atom. The molecule has 7 heteroatoms. The number of aromatic nitrogens is 3. The van der Waals surface area contributed by atoms with E-state index in [1.54, 1.807) is 20.0 Å². The van der Waals surface area contributed by atoms with E-state index in [9.17, 15) is 8.42 Å². The second kappa shape index (κ2) is 3.08. The maximum absolute atomic E-state index is 10.6. The molecule has 2 N–H and O–H groups in total. The number of hydrogen-bond acceptors (Lipinski definition) is 3. The van der Waals surface area contributed by atoms with E-state index in [1.165, 1.54) is 10.9 Å². The third-order valence-electron chi connectivity index (χ3n) is 1.64. The van der Waals surface area contributed by atoms with Gasteiger partial charge >= 0.3 is 0 Å². The summed E-state index contributed by atoms with van der Waals surface area (Å²) in [6.07, 6.45) is 3.11. The molecule has 0 atom stereocenters. The van der Waals surface area contributed by atoms with Crippen LogP contribution in [0.3, 0.4) is 0 Å². The zero-order valence-corrected chi connectivity index (χ0v) is 8.24. The molecule has 0 fully saturated rings. The zero-order valence-electron chi connectivity index (χ0n) is 7.43. The van der Waals surface area contributed by atoms with Crippen molar-refractivity contribution in [3.63, 3.8) is 0 Å². The maximum atomic E-state index is 10.6. The molecule has 13 heavy (non-hydrogen) atoms. The van der Waals surface area contributed by atoms with Gasteiger partial charge in [-0.25, -0.2) is 0 Å². The fraction of sp³-hybridized carbons (Fsp3) is 0.667. The summed E-state index contributed by atoms with van der Waals surface area (Å²) in [4.78, 5) is 0. The quantitative estimate of drug-likeness (QED) is 0.506. The smallest absolute Gasteiger partial charge is 0.269 e. The first-order chi connectivity index (χ1) is 5.81. The minimum absolute atomic E-state index is 0.354. The molecule has 0 saturated heterocycles. The molecule has 0 aliphatic carbocycles. The van der Waals surface area contributed by atoms with Gasteiger partial charge in [-0.3, -0.25) is 4.55 Å². The van der Waals surface area contributed by atoms with Crippen molar-refractivity contribution in [3.05, 3.63) is 12.4 Å². The number of nitrogens with zero attached hydrogens (tertiary/aromatic N) is 2. The molecule has 0 unspecified atom stereocenters. The van der Waals surface area contributed by atoms with Crippen molar-refractivity contribution in [1.29, 1.82) is 0 Å². The summed E-state index contributed by atoms with van der Waals surface area (Å²) in [6.45, 7) is 3.36. The highest BCUT2D eigenvalue weighted by atomic mass is 32.2. The van der Waals surface area contributed by atoms with Gasteiger partial charge in [0.05, 0.1) is 0 Å². The molecule has 1 aromatic heterocycles. The van der Waals surface area contributed by atoms with Crippen LogP contribution in [0.15, 0.2) is 12.4 Å². The van der Waals surface area contributed by atoms with Crippen LogP contribution in [0.4, 0.5) is 0 Å². The third-order valence-corrected chi connectivity index (χ3v) is 2.71. The highest BCUT2D eigenvalue weighted by Crippen LogP contribution is 2.07. The van der Waals surface area contributed by atoms with Crippen molar-refractivity contribution in [1.82, 2.24) is 10.3 Å². The highest BCUT2D eigenvalue weighted by Gasteiger charge is 2.31. The van der Waals surface area contributed by atoms with Crippen LogP contribution in [0, 0.1) is 0 Å². The van der Waals surface area contributed by atoms with Gasteiger partial charge in [0, 0.05) is 5.10 Å². The Bertz CT molecular complexity index is 368. The molecule has 1 heterocycles. The second-order valence-corrected chi connectivity index (χ2v) is 4.89. The number of nitrogens with one attached hydrogen (secondary N) is 1. The van der Waals surface area contributed by atoms with Crippen LogP contribution in [-0.2, 0) is 15.7 Å². The molecule has 0 amide bonds. The minimum Gasteiger partial charge on any atom is -0.285 e. The van der Waals surface area contributed by atoms with E-state index in [4.69, 9.17) is 4.55 Å². The molecular formula is C6H12N3O3S+. The van der Waals surface area contributed by atoms with Crippen LogP contribution in [-0.4, -0.2) is 29.0 Å². The lowest BCUT2D eigenvalue weighted by molar-refractivity contribution is -0.804. The topological polar surface area (TPSA) is 86.9 Å². The summed E-state index contributed by atoms with van der Waals surface area (Å²) < 4.78 is 31.5. The van der Waals surface area contributed by atoms with E-state index < -0.39 is 15.7 Å². The summed E-state index contributed by atoms with van der Waals surface area (Å²) in [7, 11) is -3.98. The van der Waals surface area contributed by atoms with Gasteiger partial charge in [-0.1, -0.05) is 5.21 Å². The van der Waals surface area contributed by atoms with Gasteiger partial charge < -0.3 is 0 Å². The van der Waals surface area contributed by atoms with E-state index in [2.05, 4.69) is 10.3 Å². The monoisotopic (exact) mass is 206 g/mol. The summed E-state index contributed by atoms with van der Waals surface area (Å²) in [5.41, 5.74) is -0.732. The lowest BCUT2D eigenvalue weighted by Gasteiger charge is -2.17. The van der Waals surface area contributed by atoms with Crippen LogP contribution in [0.2, 0.25) is 0 Å². The van der Waals surface area contributed by atoms with Crippen LogP contribution >= 0.6 is 0 Å². The van der Waals surface area contributed by atoms with Gasteiger partial charge in [0.2, 0.25) is 6.20 Å². The molecule has 1 rings (SSSR count). The molecule has 0 aliphatic heterocycles. The summed E-state index contributed by atoms with van der Waals surface area (Å²) in [5, 5.41) is 6.27. The van der Waals surface area contributed by atoms with Crippen molar-refractivity contribution >= 4 is 10.1 Å². The fourth-order valence-electron chi connectivity index (χ4n) is 1.08. The number of rotatable bonds is 3. The molecule has 0 radical (unpaired) electrons. The van der Waals surface area contributed by atoms with E-state index in [0.717, 1.165) is 0 Å². The van der Waals surface area contributed by atoms with Crippen molar-refractivity contribution < 1.29 is 17.7 Å². The Balaban J connectivity index is 2.91. The molecule has 74 valence electrons. The standard InChI is InChI=1S/C6H11N3O3S/c1-6(2,5-13(10,11)12)9-4-3-7-8-9/h3-4H,5H2,1-2H3,(H,10,11,12)/p+1. The average molecular weight is 206 g/mol. The van der Waals surface area contributed by atoms with E-state index >= 15 is 0 Å². The van der Waals surface area contributed by atoms with Crippen LogP contribution in [0.25, 0.3) is 0 Å². The summed E-state index contributed by atoms with van der Waals surface area (Å²) in [5.74, 6) is -0.354.